The molecule has 3 nitrogen and oxygen atoms in total. The van der Waals surface area contributed by atoms with Crippen LogP contribution in [0.3, 0.4) is 0 Å². The first-order valence-electron chi connectivity index (χ1n) is 6.35. The molecule has 0 saturated heterocycles. The van der Waals surface area contributed by atoms with Gasteiger partial charge in [-0.15, -0.1) is 0 Å². The molecule has 0 aliphatic rings. The maximum absolute atomic E-state index is 11.4. The van der Waals surface area contributed by atoms with Gasteiger partial charge in [0.25, 0.3) is 0 Å². The number of carbonyl (C=O) groups excluding carboxylic acids is 1. The highest BCUT2D eigenvalue weighted by molar-refractivity contribution is 5.81. The third kappa shape index (κ3) is 5.32. The van der Waals surface area contributed by atoms with E-state index in [1.807, 2.05) is 52.0 Å². The normalized spacial score (nSPS) is 11.0. The number of carbonyl (C=O) groups is 1. The summed E-state index contributed by atoms with van der Waals surface area (Å²) in [6, 6.07) is 7.65. The van der Waals surface area contributed by atoms with Crippen LogP contribution in [0.2, 0.25) is 0 Å². The second-order valence-electron chi connectivity index (χ2n) is 4.91. The van der Waals surface area contributed by atoms with Gasteiger partial charge in [0.1, 0.15) is 12.4 Å². The number of ether oxygens (including phenoxy) is 2. The Morgan fingerprint density at radius 2 is 1.72 bits per heavy atom. The van der Waals surface area contributed by atoms with Crippen LogP contribution in [-0.2, 0) is 16.1 Å². The summed E-state index contributed by atoms with van der Waals surface area (Å²) in [7, 11) is 0. The Morgan fingerprint density at radius 1 is 1.11 bits per heavy atom. The zero-order valence-electron chi connectivity index (χ0n) is 11.6. The predicted octanol–water partition coefficient (Wildman–Crippen LogP) is 3.22. The molecule has 1 aromatic rings. The van der Waals surface area contributed by atoms with Crippen LogP contribution in [0.4, 0.5) is 0 Å². The van der Waals surface area contributed by atoms with E-state index in [4.69, 9.17) is 9.47 Å². The van der Waals surface area contributed by atoms with Gasteiger partial charge in [-0.1, -0.05) is 26.0 Å². The first-order chi connectivity index (χ1) is 8.49. The lowest BCUT2D eigenvalue weighted by molar-refractivity contribution is -0.123. The standard InChI is InChI=1S/C15H22O3/c1-11(2)15(16)10-18-14-7-5-13(6-8-14)9-17-12(3)4/h5-8,11-12H,9-10H2,1-4H3. The molecule has 0 fully saturated rings. The largest absolute Gasteiger partial charge is 0.486 e. The molecule has 1 aromatic carbocycles. The molecule has 0 aliphatic heterocycles. The molecular formula is C15H22O3. The lowest BCUT2D eigenvalue weighted by Gasteiger charge is -2.09. The van der Waals surface area contributed by atoms with Crippen LogP contribution in [0.1, 0.15) is 33.3 Å². The van der Waals surface area contributed by atoms with Crippen molar-refractivity contribution in [2.24, 2.45) is 5.92 Å². The molecule has 0 amide bonds. The Kier molecular flexibility index (Phi) is 5.86. The van der Waals surface area contributed by atoms with Crippen molar-refractivity contribution in [2.75, 3.05) is 6.61 Å². The molecule has 0 saturated carbocycles. The van der Waals surface area contributed by atoms with Crippen molar-refractivity contribution >= 4 is 5.78 Å². The summed E-state index contributed by atoms with van der Waals surface area (Å²) in [5.41, 5.74) is 1.10. The molecule has 0 unspecified atom stereocenters. The van der Waals surface area contributed by atoms with E-state index < -0.39 is 0 Å². The lowest BCUT2D eigenvalue weighted by atomic mass is 10.1. The van der Waals surface area contributed by atoms with Crippen molar-refractivity contribution in [3.05, 3.63) is 29.8 Å². The van der Waals surface area contributed by atoms with Crippen molar-refractivity contribution in [3.8, 4) is 5.75 Å². The average molecular weight is 250 g/mol. The molecule has 0 bridgehead atoms. The molecule has 0 atom stereocenters. The Morgan fingerprint density at radius 3 is 2.22 bits per heavy atom. The van der Waals surface area contributed by atoms with E-state index in [1.54, 1.807) is 0 Å². The Bertz CT molecular complexity index is 366. The van der Waals surface area contributed by atoms with Crippen molar-refractivity contribution in [2.45, 2.75) is 40.4 Å². The van der Waals surface area contributed by atoms with E-state index in [9.17, 15) is 4.79 Å². The summed E-state index contributed by atoms with van der Waals surface area (Å²) in [6.07, 6.45) is 0.226. The molecule has 3 heteroatoms. The van der Waals surface area contributed by atoms with Gasteiger partial charge in [-0.2, -0.15) is 0 Å². The van der Waals surface area contributed by atoms with Gasteiger partial charge in [0, 0.05) is 5.92 Å². The van der Waals surface area contributed by atoms with Gasteiger partial charge in [-0.05, 0) is 31.5 Å². The quantitative estimate of drug-likeness (QED) is 0.745. The molecule has 0 heterocycles. The SMILES string of the molecule is CC(C)OCc1ccc(OCC(=O)C(C)C)cc1. The number of hydrogen-bond acceptors (Lipinski definition) is 3. The van der Waals surface area contributed by atoms with E-state index in [0.717, 1.165) is 11.3 Å². The maximum Gasteiger partial charge on any atom is 0.172 e. The second-order valence-corrected chi connectivity index (χ2v) is 4.91. The van der Waals surface area contributed by atoms with Gasteiger partial charge in [-0.25, -0.2) is 0 Å². The molecule has 0 radical (unpaired) electrons. The molecule has 100 valence electrons. The van der Waals surface area contributed by atoms with Crippen molar-refractivity contribution < 1.29 is 14.3 Å². The molecule has 1 rings (SSSR count). The number of hydrogen-bond donors (Lipinski definition) is 0. The van der Waals surface area contributed by atoms with Crippen LogP contribution < -0.4 is 4.74 Å². The van der Waals surface area contributed by atoms with Gasteiger partial charge in [0.2, 0.25) is 0 Å². The van der Waals surface area contributed by atoms with Crippen LogP contribution in [-0.4, -0.2) is 18.5 Å². The summed E-state index contributed by atoms with van der Waals surface area (Å²) in [5, 5.41) is 0. The topological polar surface area (TPSA) is 35.5 Å². The number of rotatable bonds is 7. The van der Waals surface area contributed by atoms with E-state index in [1.165, 1.54) is 0 Å². The highest BCUT2D eigenvalue weighted by Gasteiger charge is 2.07. The first-order valence-corrected chi connectivity index (χ1v) is 6.35. The lowest BCUT2D eigenvalue weighted by Crippen LogP contribution is -2.16. The van der Waals surface area contributed by atoms with Gasteiger partial charge in [0.15, 0.2) is 5.78 Å². The van der Waals surface area contributed by atoms with Crippen LogP contribution in [0, 0.1) is 5.92 Å². The molecule has 18 heavy (non-hydrogen) atoms. The highest BCUT2D eigenvalue weighted by Crippen LogP contribution is 2.13. The smallest absolute Gasteiger partial charge is 0.172 e. The zero-order valence-corrected chi connectivity index (χ0v) is 11.6. The zero-order chi connectivity index (χ0) is 13.5. The molecule has 0 spiro atoms. The summed E-state index contributed by atoms with van der Waals surface area (Å²) < 4.78 is 10.9. The summed E-state index contributed by atoms with van der Waals surface area (Å²) in [6.45, 7) is 8.50. The Balaban J connectivity index is 2.43. The monoisotopic (exact) mass is 250 g/mol. The molecule has 0 aromatic heterocycles. The van der Waals surface area contributed by atoms with Crippen LogP contribution in [0.25, 0.3) is 0 Å². The highest BCUT2D eigenvalue weighted by atomic mass is 16.5. The Labute approximate surface area is 109 Å². The third-order valence-electron chi connectivity index (χ3n) is 2.53. The van der Waals surface area contributed by atoms with Crippen molar-refractivity contribution in [1.29, 1.82) is 0 Å². The fraction of sp³-hybridized carbons (Fsp3) is 0.533. The maximum atomic E-state index is 11.4. The predicted molar refractivity (Wildman–Crippen MR) is 71.7 cm³/mol. The van der Waals surface area contributed by atoms with E-state index in [0.29, 0.717) is 6.61 Å². The van der Waals surface area contributed by atoms with Gasteiger partial charge < -0.3 is 9.47 Å². The second kappa shape index (κ2) is 7.17. The number of ketones is 1. The average Bonchev–Trinajstić information content (AvgIpc) is 2.34. The van der Waals surface area contributed by atoms with Crippen LogP contribution >= 0.6 is 0 Å². The van der Waals surface area contributed by atoms with Gasteiger partial charge in [0.05, 0.1) is 12.7 Å². The minimum atomic E-state index is 0.0173. The van der Waals surface area contributed by atoms with E-state index in [2.05, 4.69) is 0 Å². The third-order valence-corrected chi connectivity index (χ3v) is 2.53. The number of Topliss-reactive ketones (excluding diaryl/α,β-unsaturated/α-hetero) is 1. The van der Waals surface area contributed by atoms with E-state index >= 15 is 0 Å². The summed E-state index contributed by atoms with van der Waals surface area (Å²) in [5.74, 6) is 0.850. The fourth-order valence-electron chi connectivity index (χ4n) is 1.27. The summed E-state index contributed by atoms with van der Waals surface area (Å²) in [4.78, 5) is 11.4. The Hall–Kier alpha value is -1.35. The fourth-order valence-corrected chi connectivity index (χ4v) is 1.27. The van der Waals surface area contributed by atoms with Crippen LogP contribution in [0.15, 0.2) is 24.3 Å². The van der Waals surface area contributed by atoms with Gasteiger partial charge >= 0.3 is 0 Å². The molecule has 0 N–H and O–H groups in total. The van der Waals surface area contributed by atoms with Crippen LogP contribution in [0.5, 0.6) is 5.75 Å². The minimum absolute atomic E-state index is 0.0173. The van der Waals surface area contributed by atoms with Crippen molar-refractivity contribution in [1.82, 2.24) is 0 Å². The summed E-state index contributed by atoms with van der Waals surface area (Å²) >= 11 is 0. The first kappa shape index (κ1) is 14.7. The minimum Gasteiger partial charge on any atom is -0.486 e. The molecular weight excluding hydrogens is 228 g/mol. The van der Waals surface area contributed by atoms with Crippen molar-refractivity contribution in [3.63, 3.8) is 0 Å². The van der Waals surface area contributed by atoms with Gasteiger partial charge in [-0.3, -0.25) is 4.79 Å². The number of benzene rings is 1. The molecule has 0 aliphatic carbocycles. The van der Waals surface area contributed by atoms with E-state index in [-0.39, 0.29) is 24.4 Å².